The van der Waals surface area contributed by atoms with E-state index in [0.717, 1.165) is 60.6 Å². The van der Waals surface area contributed by atoms with Gasteiger partial charge >= 0.3 is 0 Å². The molecule has 0 bridgehead atoms. The topological polar surface area (TPSA) is 26.3 Å². The summed E-state index contributed by atoms with van der Waals surface area (Å²) in [5.41, 5.74) is 12.8. The van der Waals surface area contributed by atoms with Crippen LogP contribution < -0.4 is 0 Å². The number of fused-ring (bicyclic) bond motifs is 9. The highest BCUT2D eigenvalue weighted by Crippen LogP contribution is 2.49. The third-order valence-corrected chi connectivity index (χ3v) is 11.7. The van der Waals surface area contributed by atoms with Crippen LogP contribution in [0.15, 0.2) is 203 Å². The van der Waals surface area contributed by atoms with Crippen molar-refractivity contribution in [2.24, 2.45) is 0 Å². The first kappa shape index (κ1) is 31.0. The van der Waals surface area contributed by atoms with E-state index in [1.54, 1.807) is 0 Å². The highest BCUT2D eigenvalue weighted by Gasteiger charge is 2.23. The van der Waals surface area contributed by atoms with Crippen molar-refractivity contribution < 1.29 is 8.83 Å². The zero-order chi connectivity index (χ0) is 36.7. The van der Waals surface area contributed by atoms with E-state index >= 15 is 0 Å². The summed E-state index contributed by atoms with van der Waals surface area (Å²) in [5.74, 6) is 0. The van der Waals surface area contributed by atoms with E-state index in [9.17, 15) is 0 Å². The Bertz CT molecular complexity index is 3490. The summed E-state index contributed by atoms with van der Waals surface area (Å²) in [7, 11) is 0. The van der Waals surface area contributed by atoms with Crippen LogP contribution in [-0.2, 0) is 0 Å². The van der Waals surface area contributed by atoms with E-state index in [1.807, 2.05) is 12.1 Å². The van der Waals surface area contributed by atoms with Crippen LogP contribution >= 0.6 is 0 Å². The maximum Gasteiger partial charge on any atom is 0.143 e. The Morgan fingerprint density at radius 1 is 0.268 bits per heavy atom. The standard InChI is InChI=1S/C54H32O2/c1-2-13-34-30-36(25-24-33(34)12-1)35-14-11-15-38(31-35)51-42-17-3-5-19-44(42)52(45-20-6-4-18-43(45)51)47-29-28-39(53-46-21-8-10-23-49(46)56-54(47)53)37-26-27-41-40-16-7-9-22-48(40)55-50(41)32-37/h1-32H. The molecule has 0 aliphatic rings. The molecule has 10 aromatic carbocycles. The molecule has 0 aliphatic carbocycles. The number of hydrogen-bond donors (Lipinski definition) is 0. The van der Waals surface area contributed by atoms with E-state index in [-0.39, 0.29) is 0 Å². The van der Waals surface area contributed by atoms with Crippen LogP contribution in [0.1, 0.15) is 0 Å². The molecule has 0 amide bonds. The molecule has 0 radical (unpaired) electrons. The van der Waals surface area contributed by atoms with E-state index < -0.39 is 0 Å². The van der Waals surface area contributed by atoms with E-state index in [2.05, 4.69) is 182 Å². The minimum absolute atomic E-state index is 0.872. The number of hydrogen-bond acceptors (Lipinski definition) is 2. The van der Waals surface area contributed by atoms with Crippen molar-refractivity contribution in [1.82, 2.24) is 0 Å². The SMILES string of the molecule is c1cc(-c2ccc3ccccc3c2)cc(-c2c3ccccc3c(-c3ccc(-c4ccc5c(c4)oc4ccccc45)c4c3oc3ccccc34)c3ccccc23)c1. The van der Waals surface area contributed by atoms with E-state index in [1.165, 1.54) is 60.1 Å². The fraction of sp³-hybridized carbons (Fsp3) is 0. The fourth-order valence-electron chi connectivity index (χ4n) is 9.11. The van der Waals surface area contributed by atoms with Crippen LogP contribution in [0.5, 0.6) is 0 Å². The molecule has 0 spiro atoms. The highest BCUT2D eigenvalue weighted by molar-refractivity contribution is 6.26. The van der Waals surface area contributed by atoms with Crippen LogP contribution in [0, 0.1) is 0 Å². The van der Waals surface area contributed by atoms with Gasteiger partial charge in [-0.25, -0.2) is 0 Å². The third-order valence-electron chi connectivity index (χ3n) is 11.7. The largest absolute Gasteiger partial charge is 0.456 e. The van der Waals surface area contributed by atoms with Crippen molar-refractivity contribution in [3.8, 4) is 44.5 Å². The lowest BCUT2D eigenvalue weighted by molar-refractivity contribution is 0.668. The lowest BCUT2D eigenvalue weighted by atomic mass is 9.84. The van der Waals surface area contributed by atoms with Gasteiger partial charge in [0.15, 0.2) is 0 Å². The Balaban J connectivity index is 1.10. The summed E-state index contributed by atoms with van der Waals surface area (Å²) in [5, 5.41) is 11.7. The van der Waals surface area contributed by atoms with Crippen LogP contribution in [0.2, 0.25) is 0 Å². The third kappa shape index (κ3) is 4.63. The van der Waals surface area contributed by atoms with Crippen LogP contribution in [0.4, 0.5) is 0 Å². The van der Waals surface area contributed by atoms with Crippen LogP contribution in [0.25, 0.3) is 121 Å². The van der Waals surface area contributed by atoms with Gasteiger partial charge in [-0.1, -0.05) is 152 Å². The summed E-state index contributed by atoms with van der Waals surface area (Å²) in [6.45, 7) is 0. The van der Waals surface area contributed by atoms with Crippen molar-refractivity contribution >= 4 is 76.2 Å². The van der Waals surface area contributed by atoms with Gasteiger partial charge in [0.25, 0.3) is 0 Å². The molecule has 12 rings (SSSR count). The summed E-state index contributed by atoms with van der Waals surface area (Å²) < 4.78 is 13.3. The quantitative estimate of drug-likeness (QED) is 0.170. The predicted octanol–water partition coefficient (Wildman–Crippen LogP) is 15.6. The average Bonchev–Trinajstić information content (AvgIpc) is 3.84. The van der Waals surface area contributed by atoms with Gasteiger partial charge in [-0.2, -0.15) is 0 Å². The lowest BCUT2D eigenvalue weighted by Gasteiger charge is -2.19. The molecule has 2 aromatic heterocycles. The van der Waals surface area contributed by atoms with Crippen LogP contribution in [0.3, 0.4) is 0 Å². The maximum absolute atomic E-state index is 6.92. The Hall–Kier alpha value is -7.42. The zero-order valence-corrected chi connectivity index (χ0v) is 30.3. The first-order chi connectivity index (χ1) is 27.8. The number of para-hydroxylation sites is 2. The molecule has 0 saturated heterocycles. The Morgan fingerprint density at radius 2 is 0.821 bits per heavy atom. The van der Waals surface area contributed by atoms with Gasteiger partial charge in [0.1, 0.15) is 22.3 Å². The van der Waals surface area contributed by atoms with Gasteiger partial charge in [-0.05, 0) is 108 Å². The van der Waals surface area contributed by atoms with E-state index in [4.69, 9.17) is 8.83 Å². The summed E-state index contributed by atoms with van der Waals surface area (Å²) >= 11 is 0. The monoisotopic (exact) mass is 712 g/mol. The molecule has 12 aromatic rings. The first-order valence-electron chi connectivity index (χ1n) is 19.2. The Morgan fingerprint density at radius 3 is 1.59 bits per heavy atom. The van der Waals surface area contributed by atoms with Gasteiger partial charge in [-0.15, -0.1) is 0 Å². The first-order valence-corrected chi connectivity index (χ1v) is 19.2. The second-order valence-corrected chi connectivity index (χ2v) is 14.8. The molecule has 0 N–H and O–H groups in total. The molecule has 0 saturated carbocycles. The number of rotatable bonds is 4. The molecule has 2 heterocycles. The molecule has 2 heteroatoms. The summed E-state index contributed by atoms with van der Waals surface area (Å²) in [4.78, 5) is 0. The highest BCUT2D eigenvalue weighted by atomic mass is 16.3. The fourth-order valence-corrected chi connectivity index (χ4v) is 9.11. The molecule has 2 nitrogen and oxygen atoms in total. The minimum Gasteiger partial charge on any atom is -0.456 e. The molecular weight excluding hydrogens is 681 g/mol. The Kier molecular flexibility index (Phi) is 6.66. The zero-order valence-electron chi connectivity index (χ0n) is 30.3. The van der Waals surface area contributed by atoms with Gasteiger partial charge in [-0.3, -0.25) is 0 Å². The van der Waals surface area contributed by atoms with Crippen molar-refractivity contribution in [3.05, 3.63) is 194 Å². The molecule has 0 atom stereocenters. The lowest BCUT2D eigenvalue weighted by Crippen LogP contribution is -1.92. The van der Waals surface area contributed by atoms with Gasteiger partial charge in [0, 0.05) is 32.7 Å². The maximum atomic E-state index is 6.92. The van der Waals surface area contributed by atoms with E-state index in [0.29, 0.717) is 0 Å². The number of benzene rings is 10. The molecule has 0 fully saturated rings. The predicted molar refractivity (Wildman–Crippen MR) is 235 cm³/mol. The normalized spacial score (nSPS) is 11.9. The van der Waals surface area contributed by atoms with Crippen molar-refractivity contribution in [2.45, 2.75) is 0 Å². The smallest absolute Gasteiger partial charge is 0.143 e. The van der Waals surface area contributed by atoms with Crippen molar-refractivity contribution in [3.63, 3.8) is 0 Å². The molecule has 260 valence electrons. The van der Waals surface area contributed by atoms with Gasteiger partial charge in [0.05, 0.1) is 0 Å². The van der Waals surface area contributed by atoms with Crippen LogP contribution in [-0.4, -0.2) is 0 Å². The average molecular weight is 713 g/mol. The second-order valence-electron chi connectivity index (χ2n) is 14.8. The molecule has 0 unspecified atom stereocenters. The van der Waals surface area contributed by atoms with Gasteiger partial charge in [0.2, 0.25) is 0 Å². The summed E-state index contributed by atoms with van der Waals surface area (Å²) in [6, 6.07) is 69.8. The Labute approximate surface area is 322 Å². The van der Waals surface area contributed by atoms with Crippen molar-refractivity contribution in [1.29, 1.82) is 0 Å². The second kappa shape index (κ2) is 12.0. The number of furan rings is 2. The molecule has 56 heavy (non-hydrogen) atoms. The van der Waals surface area contributed by atoms with Gasteiger partial charge < -0.3 is 8.83 Å². The minimum atomic E-state index is 0.872. The van der Waals surface area contributed by atoms with Crippen molar-refractivity contribution in [2.75, 3.05) is 0 Å². The molecular formula is C54H32O2. The molecule has 0 aliphatic heterocycles. The summed E-state index contributed by atoms with van der Waals surface area (Å²) in [6.07, 6.45) is 0.